The van der Waals surface area contributed by atoms with Crippen LogP contribution in [0.4, 0.5) is 10.5 Å². The molecule has 2 aromatic rings. The molecule has 1 aliphatic heterocycles. The zero-order valence-electron chi connectivity index (χ0n) is 16.1. The molecule has 1 saturated heterocycles. The molecule has 9 heteroatoms. The maximum atomic E-state index is 11.6. The predicted octanol–water partition coefficient (Wildman–Crippen LogP) is 1.97. The highest BCUT2D eigenvalue weighted by molar-refractivity contribution is 6.01. The van der Waals surface area contributed by atoms with Gasteiger partial charge in [0.1, 0.15) is 12.3 Å². The van der Waals surface area contributed by atoms with Gasteiger partial charge >= 0.3 is 6.03 Å². The summed E-state index contributed by atoms with van der Waals surface area (Å²) in [6.45, 7) is 0.783. The second kappa shape index (κ2) is 8.87. The van der Waals surface area contributed by atoms with E-state index in [9.17, 15) is 9.59 Å². The Hall–Kier alpha value is -3.20. The molecule has 4 rings (SSSR count). The Labute approximate surface area is 168 Å². The van der Waals surface area contributed by atoms with Crippen molar-refractivity contribution in [3.8, 4) is 5.75 Å². The summed E-state index contributed by atoms with van der Waals surface area (Å²) >= 11 is 0. The molecule has 29 heavy (non-hydrogen) atoms. The Morgan fingerprint density at radius 1 is 1.10 bits per heavy atom. The molecular formula is C20H24N6O3. The van der Waals surface area contributed by atoms with Crippen molar-refractivity contribution in [3.63, 3.8) is 0 Å². The zero-order chi connectivity index (χ0) is 20.1. The van der Waals surface area contributed by atoms with E-state index >= 15 is 0 Å². The van der Waals surface area contributed by atoms with Crippen LogP contribution < -0.4 is 20.9 Å². The van der Waals surface area contributed by atoms with Gasteiger partial charge in [0.2, 0.25) is 5.91 Å². The van der Waals surface area contributed by atoms with Gasteiger partial charge in [0.15, 0.2) is 0 Å². The maximum absolute atomic E-state index is 11.6. The van der Waals surface area contributed by atoms with Crippen LogP contribution in [0.3, 0.4) is 0 Å². The minimum atomic E-state index is -0.397. The van der Waals surface area contributed by atoms with Crippen LogP contribution in [-0.2, 0) is 17.9 Å². The first kappa shape index (κ1) is 19.1. The maximum Gasteiger partial charge on any atom is 0.324 e. The number of anilines is 1. The van der Waals surface area contributed by atoms with E-state index in [4.69, 9.17) is 4.74 Å². The molecule has 2 aliphatic rings. The van der Waals surface area contributed by atoms with E-state index in [1.807, 2.05) is 30.3 Å². The molecule has 2 heterocycles. The average Bonchev–Trinajstić information content (AvgIpc) is 3.33. The summed E-state index contributed by atoms with van der Waals surface area (Å²) in [7, 11) is 0. The monoisotopic (exact) mass is 396 g/mol. The number of carbonyl (C=O) groups excluding carboxylic acids is 2. The Bertz CT molecular complexity index is 867. The number of hydrogen-bond acceptors (Lipinski definition) is 7. The van der Waals surface area contributed by atoms with Gasteiger partial charge in [-0.15, -0.1) is 0 Å². The molecule has 0 spiro atoms. The van der Waals surface area contributed by atoms with Crippen molar-refractivity contribution in [2.75, 3.05) is 12.0 Å². The standard InChI is InChI=1S/C20H24N6O3/c27-19-13-26(20(28)22-19)12-16-9-8-15(24-25-16)11-21-23-14-4-3-7-18(10-14)29-17-5-1-2-6-17/h3-4,7-10,17,21,23H,1-2,5-6,11-13H2,(H,22,27,28). The number of hydrogen-bond donors (Lipinski definition) is 3. The summed E-state index contributed by atoms with van der Waals surface area (Å²) in [5.41, 5.74) is 8.55. The number of imide groups is 1. The third-order valence-electron chi connectivity index (χ3n) is 4.94. The van der Waals surface area contributed by atoms with Crippen LogP contribution in [0.2, 0.25) is 0 Å². The first-order valence-electron chi connectivity index (χ1n) is 9.81. The van der Waals surface area contributed by atoms with E-state index in [-0.39, 0.29) is 19.0 Å². The lowest BCUT2D eigenvalue weighted by atomic mass is 10.3. The number of nitrogens with zero attached hydrogens (tertiary/aromatic N) is 3. The van der Waals surface area contributed by atoms with Gasteiger partial charge in [0.25, 0.3) is 0 Å². The number of hydrazine groups is 1. The summed E-state index contributed by atoms with van der Waals surface area (Å²) < 4.78 is 6.02. The summed E-state index contributed by atoms with van der Waals surface area (Å²) in [5, 5.41) is 10.5. The summed E-state index contributed by atoms with van der Waals surface area (Å²) in [5.74, 6) is 0.574. The fraction of sp³-hybridized carbons (Fsp3) is 0.400. The molecule has 1 saturated carbocycles. The molecule has 152 valence electrons. The number of benzene rings is 1. The van der Waals surface area contributed by atoms with Gasteiger partial charge in [0, 0.05) is 6.07 Å². The van der Waals surface area contributed by atoms with E-state index in [0.717, 1.165) is 30.0 Å². The zero-order valence-corrected chi connectivity index (χ0v) is 16.1. The molecule has 0 unspecified atom stereocenters. The highest BCUT2D eigenvalue weighted by Crippen LogP contribution is 2.25. The summed E-state index contributed by atoms with van der Waals surface area (Å²) in [4.78, 5) is 24.2. The van der Waals surface area contributed by atoms with Crippen molar-refractivity contribution in [2.45, 2.75) is 44.9 Å². The molecule has 3 N–H and O–H groups in total. The molecule has 9 nitrogen and oxygen atoms in total. The number of carbonyl (C=O) groups is 2. The molecule has 1 aromatic carbocycles. The van der Waals surface area contributed by atoms with Crippen molar-refractivity contribution in [1.82, 2.24) is 25.8 Å². The largest absolute Gasteiger partial charge is 0.490 e. The lowest BCUT2D eigenvalue weighted by Gasteiger charge is -2.15. The molecular weight excluding hydrogens is 372 g/mol. The molecule has 1 aliphatic carbocycles. The Balaban J connectivity index is 1.24. The topological polar surface area (TPSA) is 108 Å². The third kappa shape index (κ3) is 5.20. The SMILES string of the molecule is O=C1CN(Cc2ccc(CNNc3cccc(OC4CCCC4)c3)nn2)C(=O)N1. The molecule has 0 bridgehead atoms. The van der Waals surface area contributed by atoms with E-state index in [1.54, 1.807) is 6.07 Å². The fourth-order valence-corrected chi connectivity index (χ4v) is 3.46. The summed E-state index contributed by atoms with van der Waals surface area (Å²) in [6.07, 6.45) is 5.07. The third-order valence-corrected chi connectivity index (χ3v) is 4.94. The lowest BCUT2D eigenvalue weighted by molar-refractivity contribution is -0.118. The Morgan fingerprint density at radius 2 is 1.90 bits per heavy atom. The van der Waals surface area contributed by atoms with Crippen LogP contribution in [0.1, 0.15) is 37.1 Å². The first-order chi connectivity index (χ1) is 14.2. The lowest BCUT2D eigenvalue weighted by Crippen LogP contribution is -2.28. The fourth-order valence-electron chi connectivity index (χ4n) is 3.46. The van der Waals surface area contributed by atoms with E-state index < -0.39 is 6.03 Å². The van der Waals surface area contributed by atoms with Gasteiger partial charge in [-0.1, -0.05) is 6.07 Å². The van der Waals surface area contributed by atoms with Crippen LogP contribution in [0, 0.1) is 0 Å². The predicted molar refractivity (Wildman–Crippen MR) is 106 cm³/mol. The number of aromatic nitrogens is 2. The molecule has 0 radical (unpaired) electrons. The Morgan fingerprint density at radius 3 is 2.62 bits per heavy atom. The molecule has 2 fully saturated rings. The molecule has 0 atom stereocenters. The minimum absolute atomic E-state index is 0.0528. The van der Waals surface area contributed by atoms with Gasteiger partial charge in [-0.05, 0) is 49.9 Å². The van der Waals surface area contributed by atoms with Gasteiger partial charge < -0.3 is 15.1 Å². The number of ether oxygens (including phenoxy) is 1. The number of amides is 3. The van der Waals surface area contributed by atoms with E-state index in [0.29, 0.717) is 18.3 Å². The molecule has 1 aromatic heterocycles. The van der Waals surface area contributed by atoms with Crippen LogP contribution in [-0.4, -0.2) is 39.7 Å². The van der Waals surface area contributed by atoms with Crippen LogP contribution >= 0.6 is 0 Å². The average molecular weight is 396 g/mol. The first-order valence-corrected chi connectivity index (χ1v) is 9.81. The van der Waals surface area contributed by atoms with Gasteiger partial charge in [-0.2, -0.15) is 10.2 Å². The van der Waals surface area contributed by atoms with E-state index in [1.165, 1.54) is 17.7 Å². The Kier molecular flexibility index (Phi) is 5.85. The number of nitrogens with one attached hydrogen (secondary N) is 3. The number of rotatable bonds is 8. The van der Waals surface area contributed by atoms with Crippen molar-refractivity contribution >= 4 is 17.6 Å². The summed E-state index contributed by atoms with van der Waals surface area (Å²) in [6, 6.07) is 11.1. The van der Waals surface area contributed by atoms with Crippen LogP contribution in [0.15, 0.2) is 36.4 Å². The van der Waals surface area contributed by atoms with Crippen molar-refractivity contribution in [2.24, 2.45) is 0 Å². The van der Waals surface area contributed by atoms with Crippen molar-refractivity contribution in [3.05, 3.63) is 47.8 Å². The molecule has 3 amide bonds. The van der Waals surface area contributed by atoms with Crippen molar-refractivity contribution < 1.29 is 14.3 Å². The quantitative estimate of drug-likeness (QED) is 0.462. The van der Waals surface area contributed by atoms with Crippen LogP contribution in [0.25, 0.3) is 0 Å². The normalized spacial score (nSPS) is 16.9. The minimum Gasteiger partial charge on any atom is -0.490 e. The van der Waals surface area contributed by atoms with E-state index in [2.05, 4.69) is 26.4 Å². The second-order valence-electron chi connectivity index (χ2n) is 7.26. The second-order valence-corrected chi connectivity index (χ2v) is 7.26. The van der Waals surface area contributed by atoms with Gasteiger partial charge in [-0.25, -0.2) is 10.2 Å². The number of urea groups is 1. The van der Waals surface area contributed by atoms with Gasteiger partial charge in [0.05, 0.1) is 36.3 Å². The van der Waals surface area contributed by atoms with Crippen molar-refractivity contribution in [1.29, 1.82) is 0 Å². The highest BCUT2D eigenvalue weighted by atomic mass is 16.5. The smallest absolute Gasteiger partial charge is 0.324 e. The van der Waals surface area contributed by atoms with Crippen LogP contribution in [0.5, 0.6) is 5.75 Å². The highest BCUT2D eigenvalue weighted by Gasteiger charge is 2.26. The van der Waals surface area contributed by atoms with Gasteiger partial charge in [-0.3, -0.25) is 10.1 Å².